The van der Waals surface area contributed by atoms with E-state index in [1.165, 1.54) is 0 Å². The third kappa shape index (κ3) is 2.87. The third-order valence-corrected chi connectivity index (χ3v) is 4.69. The van der Waals surface area contributed by atoms with Gasteiger partial charge in [0.05, 0.1) is 19.0 Å². The van der Waals surface area contributed by atoms with Gasteiger partial charge in [0.25, 0.3) is 11.8 Å². The molecule has 1 fully saturated rings. The highest BCUT2D eigenvalue weighted by Crippen LogP contribution is 2.34. The molecule has 26 heavy (non-hydrogen) atoms. The molecule has 1 saturated carbocycles. The van der Waals surface area contributed by atoms with E-state index >= 15 is 0 Å². The molecule has 0 bridgehead atoms. The van der Waals surface area contributed by atoms with Crippen molar-refractivity contribution in [2.75, 3.05) is 0 Å². The minimum absolute atomic E-state index is 0.0608. The minimum atomic E-state index is -0.543. The van der Waals surface area contributed by atoms with E-state index in [1.807, 2.05) is 0 Å². The van der Waals surface area contributed by atoms with Crippen molar-refractivity contribution in [2.24, 2.45) is 0 Å². The molecule has 1 aliphatic heterocycles. The molecule has 2 heterocycles. The molecule has 0 radical (unpaired) electrons. The van der Waals surface area contributed by atoms with Gasteiger partial charge in [0, 0.05) is 24.5 Å². The van der Waals surface area contributed by atoms with Crippen molar-refractivity contribution in [3.8, 4) is 5.75 Å². The molecule has 8 heteroatoms. The van der Waals surface area contributed by atoms with Crippen LogP contribution in [0.25, 0.3) is 0 Å². The molecular formula is C18H17N3O5. The van der Waals surface area contributed by atoms with Crippen molar-refractivity contribution >= 4 is 17.5 Å². The largest absolute Gasteiger partial charge is 0.483 e. The first-order chi connectivity index (χ1) is 12.5. The van der Waals surface area contributed by atoms with E-state index in [1.54, 1.807) is 30.0 Å². The fourth-order valence-electron chi connectivity index (χ4n) is 3.44. The number of hydrogen-bond acceptors (Lipinski definition) is 7. The Morgan fingerprint density at radius 2 is 2.12 bits per heavy atom. The Morgan fingerprint density at radius 3 is 2.85 bits per heavy atom. The number of aryl methyl sites for hydroxylation is 1. The van der Waals surface area contributed by atoms with E-state index < -0.39 is 6.04 Å². The minimum Gasteiger partial charge on any atom is -0.483 e. The van der Waals surface area contributed by atoms with Crippen molar-refractivity contribution in [1.29, 1.82) is 0 Å². The average molecular weight is 355 g/mol. The zero-order valence-electron chi connectivity index (χ0n) is 14.2. The van der Waals surface area contributed by atoms with Gasteiger partial charge in [0.2, 0.25) is 5.89 Å². The second-order valence-corrected chi connectivity index (χ2v) is 6.46. The maximum atomic E-state index is 12.7. The van der Waals surface area contributed by atoms with Crippen LogP contribution in [0.5, 0.6) is 5.75 Å². The number of carbonyl (C=O) groups excluding carboxylic acids is 3. The molecule has 2 aromatic rings. The first kappa shape index (κ1) is 16.4. The highest BCUT2D eigenvalue weighted by molar-refractivity contribution is 6.07. The van der Waals surface area contributed by atoms with E-state index in [0.29, 0.717) is 35.9 Å². The van der Waals surface area contributed by atoms with Crippen LogP contribution in [0.3, 0.4) is 0 Å². The van der Waals surface area contributed by atoms with Gasteiger partial charge in [-0.15, -0.1) is 10.2 Å². The Balaban J connectivity index is 1.54. The second-order valence-electron chi connectivity index (χ2n) is 6.46. The molecular weight excluding hydrogens is 338 g/mol. The summed E-state index contributed by atoms with van der Waals surface area (Å²) in [5.74, 6) is 0.900. The maximum absolute atomic E-state index is 12.7. The number of amides is 1. The highest BCUT2D eigenvalue weighted by Gasteiger charge is 2.39. The van der Waals surface area contributed by atoms with E-state index in [0.717, 1.165) is 5.56 Å². The molecule has 4 rings (SSSR count). The summed E-state index contributed by atoms with van der Waals surface area (Å²) in [5.41, 5.74) is 1.26. The summed E-state index contributed by atoms with van der Waals surface area (Å²) < 4.78 is 11.0. The number of fused-ring (bicyclic) bond motifs is 1. The predicted molar refractivity (Wildman–Crippen MR) is 87.3 cm³/mol. The maximum Gasteiger partial charge on any atom is 0.255 e. The summed E-state index contributed by atoms with van der Waals surface area (Å²) in [6, 6.07) is 4.69. The summed E-state index contributed by atoms with van der Waals surface area (Å²) in [4.78, 5) is 37.9. The summed E-state index contributed by atoms with van der Waals surface area (Å²) in [6.45, 7) is 2.08. The lowest BCUT2D eigenvalue weighted by Gasteiger charge is -2.29. The summed E-state index contributed by atoms with van der Waals surface area (Å²) in [5, 5.41) is 7.63. The van der Waals surface area contributed by atoms with Crippen LogP contribution < -0.4 is 4.74 Å². The van der Waals surface area contributed by atoms with Crippen molar-refractivity contribution < 1.29 is 23.5 Å². The van der Waals surface area contributed by atoms with Crippen LogP contribution >= 0.6 is 0 Å². The van der Waals surface area contributed by atoms with Crippen LogP contribution in [0.2, 0.25) is 0 Å². The first-order valence-corrected chi connectivity index (χ1v) is 8.42. The second kappa shape index (κ2) is 6.36. The van der Waals surface area contributed by atoms with Crippen LogP contribution in [0.1, 0.15) is 47.0 Å². The number of aromatic nitrogens is 2. The Morgan fingerprint density at radius 1 is 1.27 bits per heavy atom. The number of ketones is 2. The van der Waals surface area contributed by atoms with Gasteiger partial charge in [0.1, 0.15) is 11.5 Å². The number of rotatable bonds is 4. The predicted octanol–water partition coefficient (Wildman–Crippen LogP) is 1.60. The zero-order chi connectivity index (χ0) is 18.3. The molecule has 1 atom stereocenters. The van der Waals surface area contributed by atoms with Crippen LogP contribution in [0, 0.1) is 6.92 Å². The Labute approximate surface area is 149 Å². The number of carbonyl (C=O) groups is 3. The van der Waals surface area contributed by atoms with E-state index in [2.05, 4.69) is 10.2 Å². The number of ether oxygens (including phenoxy) is 1. The normalized spacial score (nSPS) is 19.8. The molecule has 1 aromatic heterocycles. The molecule has 134 valence electrons. The number of nitrogens with zero attached hydrogens (tertiary/aromatic N) is 3. The van der Waals surface area contributed by atoms with Crippen molar-refractivity contribution in [2.45, 2.75) is 45.4 Å². The van der Waals surface area contributed by atoms with Gasteiger partial charge >= 0.3 is 0 Å². The quantitative estimate of drug-likeness (QED) is 0.768. The molecule has 0 spiro atoms. The lowest BCUT2D eigenvalue weighted by molar-refractivity contribution is -0.133. The topological polar surface area (TPSA) is 103 Å². The molecule has 1 unspecified atom stereocenters. The van der Waals surface area contributed by atoms with Gasteiger partial charge in [-0.1, -0.05) is 6.07 Å². The molecule has 2 aliphatic rings. The van der Waals surface area contributed by atoms with Crippen molar-refractivity contribution in [1.82, 2.24) is 15.1 Å². The summed E-state index contributed by atoms with van der Waals surface area (Å²) >= 11 is 0. The summed E-state index contributed by atoms with van der Waals surface area (Å²) in [6.07, 6.45) is 0.621. The highest BCUT2D eigenvalue weighted by atomic mass is 16.5. The number of benzene rings is 1. The van der Waals surface area contributed by atoms with E-state index in [4.69, 9.17) is 9.15 Å². The van der Waals surface area contributed by atoms with Crippen LogP contribution in [-0.4, -0.2) is 38.6 Å². The average Bonchev–Trinajstić information content (AvgIpc) is 3.17. The fourth-order valence-corrected chi connectivity index (χ4v) is 3.44. The van der Waals surface area contributed by atoms with Crippen molar-refractivity contribution in [3.63, 3.8) is 0 Å². The Kier molecular flexibility index (Phi) is 4.02. The standard InChI is InChI=1S/C18H17N3O5/c1-10-19-20-17(26-10)9-25-16-4-2-3-12-13(16)8-21(18(12)24)14-6-5-11(22)7-15(14)23/h2-4,14H,5-9H2,1H3. The van der Waals surface area contributed by atoms with Gasteiger partial charge in [0.15, 0.2) is 12.4 Å². The SMILES string of the molecule is Cc1nnc(COc2cccc3c2CN(C2CCC(=O)CC2=O)C3=O)o1. The molecule has 0 saturated heterocycles. The molecule has 8 nitrogen and oxygen atoms in total. The van der Waals surface area contributed by atoms with Gasteiger partial charge in [-0.25, -0.2) is 0 Å². The van der Waals surface area contributed by atoms with Gasteiger partial charge < -0.3 is 14.1 Å². The van der Waals surface area contributed by atoms with Crippen molar-refractivity contribution in [3.05, 3.63) is 41.1 Å². The van der Waals surface area contributed by atoms with Crippen LogP contribution in [-0.2, 0) is 22.7 Å². The Hall–Kier alpha value is -3.03. The lowest BCUT2D eigenvalue weighted by atomic mass is 9.92. The van der Waals surface area contributed by atoms with Gasteiger partial charge in [-0.3, -0.25) is 14.4 Å². The summed E-state index contributed by atoms with van der Waals surface area (Å²) in [7, 11) is 0. The number of hydrogen-bond donors (Lipinski definition) is 0. The first-order valence-electron chi connectivity index (χ1n) is 8.42. The van der Waals surface area contributed by atoms with Crippen LogP contribution in [0.4, 0.5) is 0 Å². The molecule has 1 amide bonds. The zero-order valence-corrected chi connectivity index (χ0v) is 14.2. The molecule has 1 aromatic carbocycles. The monoisotopic (exact) mass is 355 g/mol. The van der Waals surface area contributed by atoms with E-state index in [-0.39, 0.29) is 37.0 Å². The fraction of sp³-hybridized carbons (Fsp3) is 0.389. The lowest BCUT2D eigenvalue weighted by Crippen LogP contribution is -2.44. The molecule has 1 aliphatic carbocycles. The van der Waals surface area contributed by atoms with Gasteiger partial charge in [-0.2, -0.15) is 0 Å². The molecule has 0 N–H and O–H groups in total. The van der Waals surface area contributed by atoms with Crippen LogP contribution in [0.15, 0.2) is 22.6 Å². The number of Topliss-reactive ketones (excluding diaryl/α,β-unsaturated/α-hetero) is 2. The van der Waals surface area contributed by atoms with E-state index in [9.17, 15) is 14.4 Å². The Bertz CT molecular complexity index is 904. The smallest absolute Gasteiger partial charge is 0.255 e. The third-order valence-electron chi connectivity index (χ3n) is 4.69. The van der Waals surface area contributed by atoms with Gasteiger partial charge in [-0.05, 0) is 18.6 Å².